The highest BCUT2D eigenvalue weighted by atomic mass is 16.5. The van der Waals surface area contributed by atoms with E-state index in [1.165, 1.54) is 5.69 Å². The Morgan fingerprint density at radius 1 is 1.00 bits per heavy atom. The molecule has 1 N–H and O–H groups in total. The van der Waals surface area contributed by atoms with E-state index in [2.05, 4.69) is 22.3 Å². The third-order valence-corrected chi connectivity index (χ3v) is 5.07. The van der Waals surface area contributed by atoms with Crippen LogP contribution in [0.3, 0.4) is 0 Å². The van der Waals surface area contributed by atoms with Gasteiger partial charge in [0.05, 0.1) is 13.2 Å². The third-order valence-electron chi connectivity index (χ3n) is 5.07. The average molecular weight is 380 g/mol. The fourth-order valence-electron chi connectivity index (χ4n) is 3.33. The van der Waals surface area contributed by atoms with Crippen molar-refractivity contribution >= 4 is 17.4 Å². The summed E-state index contributed by atoms with van der Waals surface area (Å²) in [6, 6.07) is 14.1. The quantitative estimate of drug-likeness (QED) is 0.748. The number of nitrogens with zero attached hydrogens (tertiary/aromatic N) is 1. The number of hydrogen-bond donors (Lipinski definition) is 1. The average Bonchev–Trinajstić information content (AvgIpc) is 2.73. The van der Waals surface area contributed by atoms with E-state index in [0.29, 0.717) is 12.1 Å². The molecule has 0 radical (unpaired) electrons. The number of carbonyl (C=O) groups is 2. The Morgan fingerprint density at radius 3 is 2.43 bits per heavy atom. The third kappa shape index (κ3) is 5.42. The second-order valence-corrected chi connectivity index (χ2v) is 7.28. The van der Waals surface area contributed by atoms with Gasteiger partial charge in [-0.2, -0.15) is 0 Å². The van der Waals surface area contributed by atoms with Crippen LogP contribution in [0.2, 0.25) is 0 Å². The van der Waals surface area contributed by atoms with Gasteiger partial charge in [-0.05, 0) is 43.2 Å². The normalized spacial score (nSPS) is 14.0. The number of aryl methyl sites for hydroxylation is 2. The van der Waals surface area contributed by atoms with E-state index in [1.807, 2.05) is 44.2 Å². The van der Waals surface area contributed by atoms with E-state index in [-0.39, 0.29) is 24.5 Å². The standard InChI is InChI=1S/C23H28N2O3/c1-17-3-4-18(2)21(15-17)22(26)9-10-23(27)24-16-19-5-7-20(8-6-19)25-11-13-28-14-12-25/h3-8,15H,9-14,16H2,1-2H3,(H,24,27). The summed E-state index contributed by atoms with van der Waals surface area (Å²) in [6.07, 6.45) is 0.435. The molecule has 2 aromatic rings. The molecule has 1 aliphatic heterocycles. The van der Waals surface area contributed by atoms with Gasteiger partial charge in [0.2, 0.25) is 5.91 Å². The van der Waals surface area contributed by atoms with E-state index < -0.39 is 0 Å². The Kier molecular flexibility index (Phi) is 6.82. The van der Waals surface area contributed by atoms with Crippen LogP contribution in [-0.2, 0) is 16.1 Å². The van der Waals surface area contributed by atoms with Crippen molar-refractivity contribution in [2.45, 2.75) is 33.2 Å². The first kappa shape index (κ1) is 20.1. The van der Waals surface area contributed by atoms with Gasteiger partial charge in [-0.15, -0.1) is 0 Å². The number of nitrogens with one attached hydrogen (secondary N) is 1. The van der Waals surface area contributed by atoms with Crippen LogP contribution in [-0.4, -0.2) is 38.0 Å². The maximum atomic E-state index is 12.4. The monoisotopic (exact) mass is 380 g/mol. The van der Waals surface area contributed by atoms with Crippen molar-refractivity contribution in [3.63, 3.8) is 0 Å². The molecule has 1 amide bonds. The summed E-state index contributed by atoms with van der Waals surface area (Å²) in [5.74, 6) is -0.0814. The minimum Gasteiger partial charge on any atom is -0.378 e. The molecule has 1 aliphatic rings. The number of hydrogen-bond acceptors (Lipinski definition) is 4. The Balaban J connectivity index is 1.45. The summed E-state index contributed by atoms with van der Waals surface area (Å²) in [5.41, 5.74) is 4.95. The highest BCUT2D eigenvalue weighted by Gasteiger charge is 2.13. The second-order valence-electron chi connectivity index (χ2n) is 7.28. The summed E-state index contributed by atoms with van der Waals surface area (Å²) < 4.78 is 5.38. The molecular weight excluding hydrogens is 352 g/mol. The molecule has 3 rings (SSSR count). The Labute approximate surface area is 166 Å². The van der Waals surface area contributed by atoms with E-state index in [0.717, 1.165) is 43.0 Å². The van der Waals surface area contributed by atoms with Gasteiger partial charge < -0.3 is 15.0 Å². The molecule has 28 heavy (non-hydrogen) atoms. The number of ether oxygens (including phenoxy) is 1. The fraction of sp³-hybridized carbons (Fsp3) is 0.391. The first-order chi connectivity index (χ1) is 13.5. The Hall–Kier alpha value is -2.66. The molecule has 1 saturated heterocycles. The van der Waals surface area contributed by atoms with E-state index in [9.17, 15) is 9.59 Å². The van der Waals surface area contributed by atoms with Crippen LogP contribution in [0.5, 0.6) is 0 Å². The molecule has 0 bridgehead atoms. The van der Waals surface area contributed by atoms with Crippen LogP contribution in [0.4, 0.5) is 5.69 Å². The molecule has 2 aromatic carbocycles. The molecule has 0 spiro atoms. The number of ketones is 1. The lowest BCUT2D eigenvalue weighted by atomic mass is 9.99. The minimum absolute atomic E-state index is 0.0196. The Bertz CT molecular complexity index is 824. The van der Waals surface area contributed by atoms with Crippen LogP contribution in [0.25, 0.3) is 0 Å². The van der Waals surface area contributed by atoms with Crippen molar-refractivity contribution in [1.29, 1.82) is 0 Å². The first-order valence-corrected chi connectivity index (χ1v) is 9.82. The number of benzene rings is 2. The molecule has 0 aliphatic carbocycles. The SMILES string of the molecule is Cc1ccc(C)c(C(=O)CCC(=O)NCc2ccc(N3CCOCC3)cc2)c1. The lowest BCUT2D eigenvalue weighted by Gasteiger charge is -2.28. The zero-order valence-corrected chi connectivity index (χ0v) is 16.7. The highest BCUT2D eigenvalue weighted by Crippen LogP contribution is 2.17. The summed E-state index contributed by atoms with van der Waals surface area (Å²) in [7, 11) is 0. The van der Waals surface area contributed by atoms with E-state index in [1.54, 1.807) is 0 Å². The van der Waals surface area contributed by atoms with Crippen LogP contribution in [0.1, 0.15) is 39.9 Å². The number of anilines is 1. The smallest absolute Gasteiger partial charge is 0.220 e. The minimum atomic E-state index is -0.101. The predicted molar refractivity (Wildman–Crippen MR) is 111 cm³/mol. The lowest BCUT2D eigenvalue weighted by Crippen LogP contribution is -2.36. The van der Waals surface area contributed by atoms with Gasteiger partial charge >= 0.3 is 0 Å². The number of morpholine rings is 1. The fourth-order valence-corrected chi connectivity index (χ4v) is 3.33. The molecule has 5 nitrogen and oxygen atoms in total. The molecule has 0 atom stereocenters. The number of rotatable bonds is 7. The van der Waals surface area contributed by atoms with Crippen LogP contribution < -0.4 is 10.2 Å². The molecule has 0 saturated carbocycles. The van der Waals surface area contributed by atoms with E-state index >= 15 is 0 Å². The molecule has 5 heteroatoms. The van der Waals surface area contributed by atoms with Gasteiger partial charge in [0, 0.05) is 43.7 Å². The summed E-state index contributed by atoms with van der Waals surface area (Å²) in [4.78, 5) is 26.8. The molecule has 148 valence electrons. The van der Waals surface area contributed by atoms with Crippen molar-refractivity contribution in [1.82, 2.24) is 5.32 Å². The van der Waals surface area contributed by atoms with Gasteiger partial charge in [0.1, 0.15) is 0 Å². The summed E-state index contributed by atoms with van der Waals surface area (Å²) in [5, 5.41) is 2.91. The molecule has 0 aromatic heterocycles. The Morgan fingerprint density at radius 2 is 1.71 bits per heavy atom. The first-order valence-electron chi connectivity index (χ1n) is 9.82. The molecule has 0 unspecified atom stereocenters. The maximum Gasteiger partial charge on any atom is 0.220 e. The van der Waals surface area contributed by atoms with Crippen LogP contribution >= 0.6 is 0 Å². The zero-order chi connectivity index (χ0) is 19.9. The van der Waals surface area contributed by atoms with Crippen LogP contribution in [0.15, 0.2) is 42.5 Å². The maximum absolute atomic E-state index is 12.4. The van der Waals surface area contributed by atoms with Gasteiger partial charge in [-0.1, -0.05) is 29.8 Å². The molecule has 1 fully saturated rings. The van der Waals surface area contributed by atoms with E-state index in [4.69, 9.17) is 4.74 Å². The number of Topliss-reactive ketones (excluding diaryl/α,β-unsaturated/α-hetero) is 1. The van der Waals surface area contributed by atoms with Crippen molar-refractivity contribution in [2.75, 3.05) is 31.2 Å². The van der Waals surface area contributed by atoms with Crippen LogP contribution in [0, 0.1) is 13.8 Å². The van der Waals surface area contributed by atoms with Crippen molar-refractivity contribution < 1.29 is 14.3 Å². The van der Waals surface area contributed by atoms with Crippen molar-refractivity contribution in [3.8, 4) is 0 Å². The van der Waals surface area contributed by atoms with Gasteiger partial charge in [-0.3, -0.25) is 9.59 Å². The molecular formula is C23H28N2O3. The predicted octanol–water partition coefficient (Wildman–Crippen LogP) is 3.42. The van der Waals surface area contributed by atoms with Crippen molar-refractivity contribution in [3.05, 3.63) is 64.7 Å². The molecule has 1 heterocycles. The number of carbonyl (C=O) groups excluding carboxylic acids is 2. The highest BCUT2D eigenvalue weighted by molar-refractivity contribution is 5.99. The largest absolute Gasteiger partial charge is 0.378 e. The topological polar surface area (TPSA) is 58.6 Å². The zero-order valence-electron chi connectivity index (χ0n) is 16.7. The lowest BCUT2D eigenvalue weighted by molar-refractivity contribution is -0.121. The summed E-state index contributed by atoms with van der Waals surface area (Å²) in [6.45, 7) is 7.70. The van der Waals surface area contributed by atoms with Gasteiger partial charge in [0.15, 0.2) is 5.78 Å². The second kappa shape index (κ2) is 9.51. The summed E-state index contributed by atoms with van der Waals surface area (Å²) >= 11 is 0. The van der Waals surface area contributed by atoms with Crippen molar-refractivity contribution in [2.24, 2.45) is 0 Å². The van der Waals surface area contributed by atoms with Gasteiger partial charge in [0.25, 0.3) is 0 Å². The van der Waals surface area contributed by atoms with Gasteiger partial charge in [-0.25, -0.2) is 0 Å². The number of amides is 1.